The van der Waals surface area contributed by atoms with E-state index in [1.807, 2.05) is 6.92 Å². The smallest absolute Gasteiger partial charge is 0.302 e. The lowest BCUT2D eigenvalue weighted by atomic mass is 9.96. The second-order valence-corrected chi connectivity index (χ2v) is 19.7. The predicted molar refractivity (Wildman–Crippen MR) is 262 cm³/mol. The Morgan fingerprint density at radius 1 is 0.845 bits per heavy atom. The summed E-state index contributed by atoms with van der Waals surface area (Å²) in [6.45, 7) is 7.83. The Morgan fingerprint density at radius 2 is 1.51 bits per heavy atom. The van der Waals surface area contributed by atoms with Crippen molar-refractivity contribution in [3.63, 3.8) is 0 Å². The second-order valence-electron chi connectivity index (χ2n) is 17.1. The average molecular weight is 1040 g/mol. The van der Waals surface area contributed by atoms with Crippen LogP contribution in [0.4, 0.5) is 0 Å². The van der Waals surface area contributed by atoms with Gasteiger partial charge < -0.3 is 68.8 Å². The molecule has 2 heterocycles. The van der Waals surface area contributed by atoms with Gasteiger partial charge in [-0.05, 0) is 69.7 Å². The maximum atomic E-state index is 14.5. The van der Waals surface area contributed by atoms with Gasteiger partial charge in [0.15, 0.2) is 0 Å². The molecule has 1 aromatic rings. The molecule has 13 N–H and O–H groups in total. The topological polar surface area (TPSA) is 372 Å². The fourth-order valence-corrected chi connectivity index (χ4v) is 9.76. The van der Waals surface area contributed by atoms with E-state index in [4.69, 9.17) is 26.7 Å². The third-order valence-electron chi connectivity index (χ3n) is 11.5. The van der Waals surface area contributed by atoms with Crippen molar-refractivity contribution < 1.29 is 62.2 Å². The normalized spacial score (nSPS) is 23.2. The molecule has 0 saturated carbocycles. The highest BCUT2D eigenvalue weighted by Gasteiger charge is 2.41. The SMILES string of the molecule is CCOc1ccc(CC2NC(=O)CCSSCC(C(=O)N3CCCC3C(=O)NC(CCCN)C(=O)NCC(N)=O)NC(=O)C(CC(N)=O)NC(=O)C(C(C)OC(C)=O)NC(=O)C(C(C)CC)NC2=O)cc1. The van der Waals surface area contributed by atoms with Crippen molar-refractivity contribution in [2.75, 3.05) is 37.7 Å². The van der Waals surface area contributed by atoms with Crippen molar-refractivity contribution >= 4 is 86.6 Å². The number of ether oxygens (including phenoxy) is 2. The highest BCUT2D eigenvalue weighted by Crippen LogP contribution is 2.26. The lowest BCUT2D eigenvalue weighted by molar-refractivity contribution is -0.150. The van der Waals surface area contributed by atoms with Gasteiger partial charge in [0.1, 0.15) is 54.1 Å². The Hall–Kier alpha value is -6.15. The first-order valence-electron chi connectivity index (χ1n) is 23.5. The molecule has 0 aliphatic carbocycles. The van der Waals surface area contributed by atoms with E-state index in [1.54, 1.807) is 38.1 Å². The monoisotopic (exact) mass is 1040 g/mol. The molecule has 3 rings (SSSR count). The van der Waals surface area contributed by atoms with Gasteiger partial charge >= 0.3 is 5.97 Å². The maximum absolute atomic E-state index is 14.5. The van der Waals surface area contributed by atoms with Crippen LogP contribution in [-0.2, 0) is 63.9 Å². The van der Waals surface area contributed by atoms with Gasteiger partial charge in [-0.3, -0.25) is 52.7 Å². The molecule has 71 heavy (non-hydrogen) atoms. The standard InChI is InChI=1S/C45H69N11O13S2/c1-6-24(3)37-43(65)55-38(25(4)69-26(5)57)44(66)52-31(21-34(47)58)40(62)53-32(45(67)56-18-9-11-33(56)42(64)51-29(10-8-17-46)39(61)49-22-35(48)59)23-71-70-19-16-36(60)50-30(41(63)54-37)20-27-12-14-28(15-13-27)68-7-2/h12-15,24-25,29-33,37-38H,6-11,16-23,46H2,1-5H3,(H2,47,58)(H2,48,59)(H,49,61)(H,50,60)(H,51,64)(H,52,66)(H,53,62)(H,54,63)(H,55,65). The first kappa shape index (κ1) is 59.2. The van der Waals surface area contributed by atoms with Gasteiger partial charge in [-0.2, -0.15) is 0 Å². The van der Waals surface area contributed by atoms with E-state index in [1.165, 1.54) is 11.8 Å². The fourth-order valence-electron chi connectivity index (χ4n) is 7.61. The lowest BCUT2D eigenvalue weighted by Gasteiger charge is -2.32. The Labute approximate surface area is 420 Å². The summed E-state index contributed by atoms with van der Waals surface area (Å²) in [5.74, 6) is -9.09. The largest absolute Gasteiger partial charge is 0.494 e. The van der Waals surface area contributed by atoms with E-state index in [2.05, 4.69) is 37.2 Å². The van der Waals surface area contributed by atoms with E-state index in [0.717, 1.165) is 28.5 Å². The number of nitrogens with one attached hydrogen (secondary N) is 7. The van der Waals surface area contributed by atoms with Crippen LogP contribution in [0.15, 0.2) is 24.3 Å². The summed E-state index contributed by atoms with van der Waals surface area (Å²) >= 11 is 0. The number of esters is 1. The second kappa shape index (κ2) is 29.9. The number of carbonyl (C=O) groups excluding carboxylic acids is 11. The number of primary amides is 2. The van der Waals surface area contributed by atoms with E-state index < -0.39 is 132 Å². The van der Waals surface area contributed by atoms with E-state index in [9.17, 15) is 52.7 Å². The first-order chi connectivity index (χ1) is 33.7. The van der Waals surface area contributed by atoms with Crippen molar-refractivity contribution in [1.82, 2.24) is 42.1 Å². The minimum absolute atomic E-state index is 0.00629. The minimum atomic E-state index is -1.76. The number of amides is 10. The zero-order valence-corrected chi connectivity index (χ0v) is 42.3. The molecule has 9 atom stereocenters. The van der Waals surface area contributed by atoms with Gasteiger partial charge in [0, 0.05) is 37.8 Å². The van der Waals surface area contributed by atoms with Crippen LogP contribution in [0.2, 0.25) is 0 Å². The summed E-state index contributed by atoms with van der Waals surface area (Å²) in [4.78, 5) is 149. The van der Waals surface area contributed by atoms with E-state index in [0.29, 0.717) is 37.2 Å². The summed E-state index contributed by atoms with van der Waals surface area (Å²) in [7, 11) is 2.25. The van der Waals surface area contributed by atoms with Crippen molar-refractivity contribution in [3.8, 4) is 5.75 Å². The Bertz CT molecular complexity index is 2070. The third kappa shape index (κ3) is 19.5. The Morgan fingerprint density at radius 3 is 2.13 bits per heavy atom. The molecule has 10 amide bonds. The summed E-state index contributed by atoms with van der Waals surface area (Å²) in [6.07, 6.45) is -0.987. The maximum Gasteiger partial charge on any atom is 0.302 e. The number of nitrogens with zero attached hydrogens (tertiary/aromatic N) is 1. The van der Waals surface area contributed by atoms with Crippen LogP contribution in [0.25, 0.3) is 0 Å². The molecular formula is C45H69N11O13S2. The molecule has 0 radical (unpaired) electrons. The Kier molecular flexibility index (Phi) is 24.9. The number of hydrogen-bond acceptors (Lipinski definition) is 16. The molecule has 26 heteroatoms. The van der Waals surface area contributed by atoms with Crippen molar-refractivity contribution in [2.45, 2.75) is 134 Å². The highest BCUT2D eigenvalue weighted by molar-refractivity contribution is 8.76. The molecule has 24 nitrogen and oxygen atoms in total. The summed E-state index contributed by atoms with van der Waals surface area (Å²) in [5, 5.41) is 18.0. The molecule has 2 aliphatic heterocycles. The van der Waals surface area contributed by atoms with Crippen LogP contribution in [0.3, 0.4) is 0 Å². The first-order valence-corrected chi connectivity index (χ1v) is 26.0. The van der Waals surface area contributed by atoms with Crippen molar-refractivity contribution in [2.24, 2.45) is 23.1 Å². The zero-order chi connectivity index (χ0) is 52.8. The van der Waals surface area contributed by atoms with Gasteiger partial charge in [-0.15, -0.1) is 0 Å². The van der Waals surface area contributed by atoms with Crippen LogP contribution < -0.4 is 59.2 Å². The molecule has 2 aliphatic rings. The van der Waals surface area contributed by atoms with Gasteiger partial charge in [-0.25, -0.2) is 0 Å². The van der Waals surface area contributed by atoms with Crippen molar-refractivity contribution in [1.29, 1.82) is 0 Å². The molecule has 2 fully saturated rings. The van der Waals surface area contributed by atoms with Crippen molar-refractivity contribution in [3.05, 3.63) is 29.8 Å². The number of likely N-dealkylation sites (tertiary alicyclic amines) is 1. The molecule has 0 aromatic heterocycles. The number of carbonyl (C=O) groups is 11. The number of rotatable bonds is 19. The molecule has 0 bridgehead atoms. The van der Waals surface area contributed by atoms with E-state index in [-0.39, 0.29) is 50.3 Å². The van der Waals surface area contributed by atoms with Gasteiger partial charge in [0.05, 0.1) is 19.6 Å². The molecule has 394 valence electrons. The van der Waals surface area contributed by atoms with Crippen LogP contribution in [0.5, 0.6) is 5.75 Å². The molecule has 0 spiro atoms. The molecule has 9 unspecified atom stereocenters. The lowest BCUT2D eigenvalue weighted by Crippen LogP contribution is -2.63. The number of nitrogens with two attached hydrogens (primary N) is 3. The highest BCUT2D eigenvalue weighted by atomic mass is 33.1. The molecule has 2 saturated heterocycles. The summed E-state index contributed by atoms with van der Waals surface area (Å²) < 4.78 is 10.8. The van der Waals surface area contributed by atoms with Crippen LogP contribution >= 0.6 is 21.6 Å². The predicted octanol–water partition coefficient (Wildman–Crippen LogP) is -2.47. The zero-order valence-electron chi connectivity index (χ0n) is 40.7. The van der Waals surface area contributed by atoms with Crippen LogP contribution in [0, 0.1) is 5.92 Å². The Balaban J connectivity index is 2.05. The fraction of sp³-hybridized carbons (Fsp3) is 0.622. The quantitative estimate of drug-likeness (QED) is 0.0507. The summed E-state index contributed by atoms with van der Waals surface area (Å²) in [6, 6.07) is -2.79. The van der Waals surface area contributed by atoms with Crippen LogP contribution in [0.1, 0.15) is 85.1 Å². The molecular weight excluding hydrogens is 967 g/mol. The summed E-state index contributed by atoms with van der Waals surface area (Å²) in [5.41, 5.74) is 17.0. The van der Waals surface area contributed by atoms with Crippen LogP contribution in [-0.4, -0.2) is 156 Å². The third-order valence-corrected chi connectivity index (χ3v) is 13.9. The number of benzene rings is 1. The average Bonchev–Trinajstić information content (AvgIpc) is 3.82. The van der Waals surface area contributed by atoms with Gasteiger partial charge in [0.2, 0.25) is 59.1 Å². The minimum Gasteiger partial charge on any atom is -0.494 e. The van der Waals surface area contributed by atoms with Gasteiger partial charge in [0.25, 0.3) is 0 Å². The number of hydrogen-bond donors (Lipinski definition) is 10. The van der Waals surface area contributed by atoms with Gasteiger partial charge in [-0.1, -0.05) is 54.0 Å². The molecule has 1 aromatic carbocycles. The van der Waals surface area contributed by atoms with E-state index >= 15 is 0 Å².